The Bertz CT molecular complexity index is 691. The fourth-order valence-corrected chi connectivity index (χ4v) is 3.42. The smallest absolute Gasteiger partial charge is 0.254 e. The van der Waals surface area contributed by atoms with Gasteiger partial charge in [-0.25, -0.2) is 0 Å². The normalized spacial score (nSPS) is 18.3. The number of para-hydroxylation sites is 2. The van der Waals surface area contributed by atoms with Crippen molar-refractivity contribution in [2.45, 2.75) is 32.8 Å². The fourth-order valence-electron chi connectivity index (χ4n) is 3.42. The first-order valence-corrected chi connectivity index (χ1v) is 9.32. The highest BCUT2D eigenvalue weighted by Gasteiger charge is 2.22. The van der Waals surface area contributed by atoms with Gasteiger partial charge in [-0.2, -0.15) is 0 Å². The molecule has 3 rings (SSSR count). The minimum absolute atomic E-state index is 0.159. The highest BCUT2D eigenvalue weighted by atomic mass is 16.5. The van der Waals surface area contributed by atoms with Crippen molar-refractivity contribution in [2.24, 2.45) is 0 Å². The molecule has 140 valence electrons. The van der Waals surface area contributed by atoms with Crippen molar-refractivity contribution >= 4 is 17.5 Å². The van der Waals surface area contributed by atoms with Crippen molar-refractivity contribution < 1.29 is 14.3 Å². The number of amides is 2. The van der Waals surface area contributed by atoms with Crippen LogP contribution in [0, 0.1) is 0 Å². The maximum absolute atomic E-state index is 11.5. The summed E-state index contributed by atoms with van der Waals surface area (Å²) in [6.07, 6.45) is 3.13. The molecule has 26 heavy (non-hydrogen) atoms. The largest absolute Gasteiger partial charge is 0.489 e. The molecule has 1 aromatic carbocycles. The van der Waals surface area contributed by atoms with Crippen molar-refractivity contribution in [3.63, 3.8) is 0 Å². The van der Waals surface area contributed by atoms with Crippen LogP contribution in [0.1, 0.15) is 26.7 Å². The van der Waals surface area contributed by atoms with Gasteiger partial charge in [-0.3, -0.25) is 19.8 Å². The van der Waals surface area contributed by atoms with Crippen LogP contribution < -0.4 is 15.0 Å². The van der Waals surface area contributed by atoms with Gasteiger partial charge in [0.25, 0.3) is 11.8 Å². The van der Waals surface area contributed by atoms with E-state index in [1.165, 1.54) is 6.08 Å². The predicted molar refractivity (Wildman–Crippen MR) is 101 cm³/mol. The summed E-state index contributed by atoms with van der Waals surface area (Å²) in [4.78, 5) is 27.5. The summed E-state index contributed by atoms with van der Waals surface area (Å²) >= 11 is 0. The van der Waals surface area contributed by atoms with Gasteiger partial charge in [-0.15, -0.1) is 0 Å². The lowest BCUT2D eigenvalue weighted by atomic mass is 10.1. The second kappa shape index (κ2) is 8.36. The Kier molecular flexibility index (Phi) is 5.93. The number of ether oxygens (including phenoxy) is 1. The summed E-state index contributed by atoms with van der Waals surface area (Å²) in [5, 5.41) is 2.30. The summed E-state index contributed by atoms with van der Waals surface area (Å²) in [5.41, 5.74) is 1.76. The SMILES string of the molecule is CC(C)Oc1ccccc1N1CCN(CCCC2=CC(=O)NC2=O)CC1. The molecule has 0 unspecified atom stereocenters. The standard InChI is InChI=1S/C20H27N3O3/c1-15(2)26-18-8-4-3-7-17(18)23-12-10-22(11-13-23)9-5-6-16-14-19(24)21-20(16)25/h3-4,7-8,14-15H,5-6,9-13H2,1-2H3,(H,21,24,25). The van der Waals surface area contributed by atoms with Crippen molar-refractivity contribution in [2.75, 3.05) is 37.6 Å². The number of imide groups is 1. The second-order valence-electron chi connectivity index (χ2n) is 7.05. The number of carbonyl (C=O) groups is 2. The molecule has 2 heterocycles. The number of nitrogens with one attached hydrogen (secondary N) is 1. The number of rotatable bonds is 7. The van der Waals surface area contributed by atoms with Gasteiger partial charge in [0.15, 0.2) is 0 Å². The van der Waals surface area contributed by atoms with Gasteiger partial charge < -0.3 is 9.64 Å². The van der Waals surface area contributed by atoms with E-state index in [0.717, 1.165) is 50.6 Å². The number of piperazine rings is 1. The third-order valence-electron chi connectivity index (χ3n) is 4.70. The minimum atomic E-state index is -0.291. The molecule has 6 heteroatoms. The van der Waals surface area contributed by atoms with Crippen LogP contribution in [-0.2, 0) is 9.59 Å². The summed E-state index contributed by atoms with van der Waals surface area (Å²) < 4.78 is 5.94. The molecule has 1 saturated heterocycles. The van der Waals surface area contributed by atoms with Crippen LogP contribution in [0.2, 0.25) is 0 Å². The number of benzene rings is 1. The number of nitrogens with zero attached hydrogens (tertiary/aromatic N) is 2. The lowest BCUT2D eigenvalue weighted by molar-refractivity contribution is -0.123. The van der Waals surface area contributed by atoms with Crippen LogP contribution in [0.3, 0.4) is 0 Å². The highest BCUT2D eigenvalue weighted by Crippen LogP contribution is 2.29. The average molecular weight is 357 g/mol. The Morgan fingerprint density at radius 3 is 2.50 bits per heavy atom. The Labute approximate surface area is 154 Å². The predicted octanol–water partition coefficient (Wildman–Crippen LogP) is 1.96. The number of carbonyl (C=O) groups excluding carboxylic acids is 2. The Balaban J connectivity index is 1.47. The monoisotopic (exact) mass is 357 g/mol. The molecule has 0 aromatic heterocycles. The van der Waals surface area contributed by atoms with Crippen molar-refractivity contribution in [3.8, 4) is 5.75 Å². The van der Waals surface area contributed by atoms with E-state index in [1.54, 1.807) is 0 Å². The quantitative estimate of drug-likeness (QED) is 0.756. The third kappa shape index (κ3) is 4.64. The molecule has 0 atom stereocenters. The first-order chi connectivity index (χ1) is 12.5. The van der Waals surface area contributed by atoms with Gasteiger partial charge in [0.05, 0.1) is 11.8 Å². The Hall–Kier alpha value is -2.34. The van der Waals surface area contributed by atoms with Gasteiger partial charge in [-0.05, 0) is 45.4 Å². The molecule has 0 spiro atoms. The molecule has 2 aliphatic rings. The van der Waals surface area contributed by atoms with Gasteiger partial charge in [0.1, 0.15) is 5.75 Å². The maximum atomic E-state index is 11.5. The van der Waals surface area contributed by atoms with E-state index >= 15 is 0 Å². The fraction of sp³-hybridized carbons (Fsp3) is 0.500. The number of hydrogen-bond donors (Lipinski definition) is 1. The van der Waals surface area contributed by atoms with Crippen LogP contribution in [0.4, 0.5) is 5.69 Å². The molecule has 0 saturated carbocycles. The summed E-state index contributed by atoms with van der Waals surface area (Å²) in [5.74, 6) is 0.419. The molecule has 1 fully saturated rings. The van der Waals surface area contributed by atoms with E-state index in [4.69, 9.17) is 4.74 Å². The lowest BCUT2D eigenvalue weighted by Crippen LogP contribution is -2.46. The van der Waals surface area contributed by atoms with E-state index in [-0.39, 0.29) is 17.9 Å². The molecule has 0 bridgehead atoms. The number of hydrogen-bond acceptors (Lipinski definition) is 5. The molecule has 2 amide bonds. The summed E-state index contributed by atoms with van der Waals surface area (Å²) in [6, 6.07) is 8.21. The van der Waals surface area contributed by atoms with Crippen molar-refractivity contribution in [1.82, 2.24) is 10.2 Å². The van der Waals surface area contributed by atoms with Gasteiger partial charge in [0, 0.05) is 37.8 Å². The zero-order chi connectivity index (χ0) is 18.5. The van der Waals surface area contributed by atoms with Crippen LogP contribution in [0.15, 0.2) is 35.9 Å². The average Bonchev–Trinajstić information content (AvgIpc) is 2.93. The molecule has 1 N–H and O–H groups in total. The molecule has 6 nitrogen and oxygen atoms in total. The molecule has 0 radical (unpaired) electrons. The molecule has 2 aliphatic heterocycles. The summed E-state index contributed by atoms with van der Waals surface area (Å²) in [6.45, 7) is 8.92. The van der Waals surface area contributed by atoms with Gasteiger partial charge in [0.2, 0.25) is 0 Å². The van der Waals surface area contributed by atoms with Gasteiger partial charge >= 0.3 is 0 Å². The van der Waals surface area contributed by atoms with E-state index in [1.807, 2.05) is 26.0 Å². The van der Waals surface area contributed by atoms with E-state index in [0.29, 0.717) is 12.0 Å². The maximum Gasteiger partial charge on any atom is 0.254 e. The Morgan fingerprint density at radius 2 is 1.85 bits per heavy atom. The van der Waals surface area contributed by atoms with Gasteiger partial charge in [-0.1, -0.05) is 12.1 Å². The van der Waals surface area contributed by atoms with Crippen LogP contribution in [0.25, 0.3) is 0 Å². The van der Waals surface area contributed by atoms with E-state index in [9.17, 15) is 9.59 Å². The summed E-state index contributed by atoms with van der Waals surface area (Å²) in [7, 11) is 0. The van der Waals surface area contributed by atoms with E-state index in [2.05, 4.69) is 27.2 Å². The molecular weight excluding hydrogens is 330 g/mol. The molecule has 0 aliphatic carbocycles. The topological polar surface area (TPSA) is 61.9 Å². The zero-order valence-electron chi connectivity index (χ0n) is 15.5. The van der Waals surface area contributed by atoms with E-state index < -0.39 is 0 Å². The molecular formula is C20H27N3O3. The van der Waals surface area contributed by atoms with Crippen LogP contribution in [-0.4, -0.2) is 55.5 Å². The van der Waals surface area contributed by atoms with Crippen LogP contribution in [0.5, 0.6) is 5.75 Å². The first kappa shape index (κ1) is 18.5. The molecule has 1 aromatic rings. The highest BCUT2D eigenvalue weighted by molar-refractivity contribution is 6.16. The third-order valence-corrected chi connectivity index (χ3v) is 4.70. The first-order valence-electron chi connectivity index (χ1n) is 9.32. The lowest BCUT2D eigenvalue weighted by Gasteiger charge is -2.37. The van der Waals surface area contributed by atoms with Crippen molar-refractivity contribution in [3.05, 3.63) is 35.9 Å². The Morgan fingerprint density at radius 1 is 1.12 bits per heavy atom. The van der Waals surface area contributed by atoms with Crippen molar-refractivity contribution in [1.29, 1.82) is 0 Å². The zero-order valence-corrected chi connectivity index (χ0v) is 15.5. The second-order valence-corrected chi connectivity index (χ2v) is 7.05. The number of anilines is 1. The van der Waals surface area contributed by atoms with Crippen LogP contribution >= 0.6 is 0 Å². The minimum Gasteiger partial charge on any atom is -0.489 e.